The van der Waals surface area contributed by atoms with E-state index in [2.05, 4.69) is 30.1 Å². The Morgan fingerprint density at radius 3 is 2.84 bits per heavy atom. The van der Waals surface area contributed by atoms with Crippen molar-refractivity contribution in [3.8, 4) is 0 Å². The highest BCUT2D eigenvalue weighted by Gasteiger charge is 2.50. The van der Waals surface area contributed by atoms with Crippen LogP contribution in [0.3, 0.4) is 0 Å². The first-order valence-electron chi connectivity index (χ1n) is 7.16. The molecule has 100 valence electrons. The molecule has 1 aromatic heterocycles. The van der Waals surface area contributed by atoms with Crippen molar-refractivity contribution in [2.75, 3.05) is 13.2 Å². The Balaban J connectivity index is 1.57. The second-order valence-corrected chi connectivity index (χ2v) is 6.02. The number of aromatic nitrogens is 1. The van der Waals surface area contributed by atoms with Crippen LogP contribution in [0.25, 0.3) is 5.57 Å². The van der Waals surface area contributed by atoms with Gasteiger partial charge in [0.2, 0.25) is 0 Å². The van der Waals surface area contributed by atoms with Gasteiger partial charge in [0.1, 0.15) is 0 Å². The van der Waals surface area contributed by atoms with E-state index in [1.54, 1.807) is 0 Å². The largest absolute Gasteiger partial charge is 0.348 e. The molecule has 2 aliphatic carbocycles. The molecule has 2 atom stereocenters. The molecule has 2 fully saturated rings. The highest BCUT2D eigenvalue weighted by atomic mass is 16.7. The first-order chi connectivity index (χ1) is 9.24. The number of nitrogens with zero attached hydrogens (tertiary/aromatic N) is 1. The second kappa shape index (κ2) is 4.15. The van der Waals surface area contributed by atoms with Gasteiger partial charge in [-0.25, -0.2) is 0 Å². The average molecular weight is 257 g/mol. The van der Waals surface area contributed by atoms with E-state index >= 15 is 0 Å². The quantitative estimate of drug-likeness (QED) is 0.775. The summed E-state index contributed by atoms with van der Waals surface area (Å²) in [6, 6.07) is 4.31. The Bertz CT molecular complexity index is 531. The van der Waals surface area contributed by atoms with E-state index in [4.69, 9.17) is 9.47 Å². The first kappa shape index (κ1) is 11.6. The summed E-state index contributed by atoms with van der Waals surface area (Å²) in [4.78, 5) is 4.27. The van der Waals surface area contributed by atoms with Gasteiger partial charge in [-0.1, -0.05) is 6.08 Å². The van der Waals surface area contributed by atoms with Gasteiger partial charge in [-0.15, -0.1) is 0 Å². The van der Waals surface area contributed by atoms with Crippen molar-refractivity contribution in [1.82, 2.24) is 4.98 Å². The van der Waals surface area contributed by atoms with E-state index in [1.807, 2.05) is 6.20 Å². The van der Waals surface area contributed by atoms with Crippen molar-refractivity contribution >= 4 is 5.57 Å². The highest BCUT2D eigenvalue weighted by Crippen LogP contribution is 2.52. The molecule has 1 aromatic rings. The molecule has 3 aliphatic rings. The Morgan fingerprint density at radius 1 is 1.26 bits per heavy atom. The summed E-state index contributed by atoms with van der Waals surface area (Å²) in [5.41, 5.74) is 3.91. The van der Waals surface area contributed by atoms with E-state index in [-0.39, 0.29) is 5.79 Å². The molecule has 0 radical (unpaired) electrons. The minimum Gasteiger partial charge on any atom is -0.348 e. The molecule has 19 heavy (non-hydrogen) atoms. The number of fused-ring (bicyclic) bond motifs is 1. The topological polar surface area (TPSA) is 31.4 Å². The maximum absolute atomic E-state index is 5.84. The minimum atomic E-state index is -0.245. The number of pyridine rings is 1. The summed E-state index contributed by atoms with van der Waals surface area (Å²) >= 11 is 0. The monoisotopic (exact) mass is 257 g/mol. The number of hydrogen-bond acceptors (Lipinski definition) is 3. The smallest absolute Gasteiger partial charge is 0.169 e. The van der Waals surface area contributed by atoms with Crippen molar-refractivity contribution in [2.24, 2.45) is 11.8 Å². The standard InChI is InChI=1S/C16H19NO2/c1-11-6-12(2-3-17-11)13-7-14-9-16(10-15(14)8-13)18-4-5-19-16/h2-3,6-7,14-15H,4-5,8-10H2,1H3/t14-,15+/m0/s1. The van der Waals surface area contributed by atoms with Gasteiger partial charge in [0.25, 0.3) is 0 Å². The normalized spacial score (nSPS) is 31.7. The van der Waals surface area contributed by atoms with Crippen molar-refractivity contribution < 1.29 is 9.47 Å². The fourth-order valence-electron chi connectivity index (χ4n) is 3.88. The van der Waals surface area contributed by atoms with Crippen LogP contribution >= 0.6 is 0 Å². The Labute approximate surface area is 113 Å². The molecule has 1 aliphatic heterocycles. The van der Waals surface area contributed by atoms with Crippen LogP contribution in [-0.2, 0) is 9.47 Å². The number of allylic oxidation sites excluding steroid dienone is 2. The summed E-state index contributed by atoms with van der Waals surface area (Å²) in [7, 11) is 0. The molecule has 1 spiro atoms. The molecule has 0 amide bonds. The lowest BCUT2D eigenvalue weighted by Crippen LogP contribution is -2.26. The SMILES string of the molecule is Cc1cc(C2=C[C@H]3CC4(C[C@H]3C2)OCCO4)ccn1. The number of ether oxygens (including phenoxy) is 2. The first-order valence-corrected chi connectivity index (χ1v) is 7.16. The van der Waals surface area contributed by atoms with Gasteiger partial charge in [-0.05, 0) is 48.4 Å². The maximum Gasteiger partial charge on any atom is 0.169 e. The number of rotatable bonds is 1. The molecule has 0 unspecified atom stereocenters. The number of aryl methyl sites for hydroxylation is 1. The molecule has 1 saturated carbocycles. The van der Waals surface area contributed by atoms with Crippen molar-refractivity contribution in [3.63, 3.8) is 0 Å². The summed E-state index contributed by atoms with van der Waals surface area (Å²) in [6.45, 7) is 3.58. The molecule has 0 bridgehead atoms. The van der Waals surface area contributed by atoms with Gasteiger partial charge in [0, 0.05) is 24.7 Å². The van der Waals surface area contributed by atoms with Gasteiger partial charge in [-0.3, -0.25) is 4.98 Å². The van der Waals surface area contributed by atoms with Crippen LogP contribution in [0.15, 0.2) is 24.4 Å². The molecule has 1 saturated heterocycles. The second-order valence-electron chi connectivity index (χ2n) is 6.02. The van der Waals surface area contributed by atoms with Gasteiger partial charge in [-0.2, -0.15) is 0 Å². The summed E-state index contributed by atoms with van der Waals surface area (Å²) in [6.07, 6.45) is 7.60. The van der Waals surface area contributed by atoms with Gasteiger partial charge < -0.3 is 9.47 Å². The van der Waals surface area contributed by atoms with Crippen LogP contribution in [0.1, 0.15) is 30.5 Å². The lowest BCUT2D eigenvalue weighted by atomic mass is 9.98. The predicted molar refractivity (Wildman–Crippen MR) is 72.4 cm³/mol. The van der Waals surface area contributed by atoms with E-state index in [1.165, 1.54) is 11.1 Å². The molecular formula is C16H19NO2. The Kier molecular flexibility index (Phi) is 2.54. The Morgan fingerprint density at radius 2 is 2.11 bits per heavy atom. The highest BCUT2D eigenvalue weighted by molar-refractivity contribution is 5.68. The third-order valence-corrected chi connectivity index (χ3v) is 4.70. The summed E-state index contributed by atoms with van der Waals surface area (Å²) in [5.74, 6) is 1.08. The lowest BCUT2D eigenvalue weighted by molar-refractivity contribution is -0.153. The van der Waals surface area contributed by atoms with Crippen LogP contribution in [0.2, 0.25) is 0 Å². The third kappa shape index (κ3) is 1.92. The van der Waals surface area contributed by atoms with Crippen molar-refractivity contribution in [1.29, 1.82) is 0 Å². The predicted octanol–water partition coefficient (Wildman–Crippen LogP) is 2.95. The lowest BCUT2D eigenvalue weighted by Gasteiger charge is -2.22. The molecule has 2 heterocycles. The van der Waals surface area contributed by atoms with Crippen LogP contribution in [-0.4, -0.2) is 24.0 Å². The Hall–Kier alpha value is -1.19. The zero-order chi connectivity index (χ0) is 12.9. The summed E-state index contributed by atoms with van der Waals surface area (Å²) < 4.78 is 11.7. The van der Waals surface area contributed by atoms with Gasteiger partial charge >= 0.3 is 0 Å². The van der Waals surface area contributed by atoms with E-state index in [0.29, 0.717) is 11.8 Å². The molecule has 0 aromatic carbocycles. The fraction of sp³-hybridized carbons (Fsp3) is 0.562. The molecule has 3 nitrogen and oxygen atoms in total. The number of hydrogen-bond donors (Lipinski definition) is 0. The van der Waals surface area contributed by atoms with Crippen molar-refractivity contribution in [3.05, 3.63) is 35.7 Å². The molecular weight excluding hydrogens is 238 g/mol. The molecule has 3 heteroatoms. The third-order valence-electron chi connectivity index (χ3n) is 4.70. The van der Waals surface area contributed by atoms with Crippen LogP contribution in [0, 0.1) is 18.8 Å². The van der Waals surface area contributed by atoms with E-state index < -0.39 is 0 Å². The zero-order valence-corrected chi connectivity index (χ0v) is 11.3. The van der Waals surface area contributed by atoms with Crippen LogP contribution in [0.5, 0.6) is 0 Å². The van der Waals surface area contributed by atoms with Crippen LogP contribution < -0.4 is 0 Å². The molecule has 0 N–H and O–H groups in total. The minimum absolute atomic E-state index is 0.245. The summed E-state index contributed by atoms with van der Waals surface area (Å²) in [5, 5.41) is 0. The zero-order valence-electron chi connectivity index (χ0n) is 11.3. The van der Waals surface area contributed by atoms with Crippen LogP contribution in [0.4, 0.5) is 0 Å². The average Bonchev–Trinajstić information content (AvgIpc) is 3.05. The van der Waals surface area contributed by atoms with Crippen molar-refractivity contribution in [2.45, 2.75) is 32.0 Å². The van der Waals surface area contributed by atoms with Gasteiger partial charge in [0.05, 0.1) is 13.2 Å². The van der Waals surface area contributed by atoms with E-state index in [9.17, 15) is 0 Å². The molecule has 4 rings (SSSR count). The van der Waals surface area contributed by atoms with Gasteiger partial charge in [0.15, 0.2) is 5.79 Å². The maximum atomic E-state index is 5.84. The van der Waals surface area contributed by atoms with E-state index in [0.717, 1.165) is 38.2 Å². The fourth-order valence-corrected chi connectivity index (χ4v) is 3.88.